The quantitative estimate of drug-likeness (QED) is 0.382. The summed E-state index contributed by atoms with van der Waals surface area (Å²) in [6.07, 6.45) is 4.49. The van der Waals surface area contributed by atoms with Gasteiger partial charge < -0.3 is 20.1 Å². The van der Waals surface area contributed by atoms with Crippen LogP contribution in [0.1, 0.15) is 5.56 Å². The van der Waals surface area contributed by atoms with Crippen LogP contribution < -0.4 is 20.1 Å². The molecule has 33 heavy (non-hydrogen) atoms. The van der Waals surface area contributed by atoms with Crippen LogP contribution in [0.5, 0.6) is 11.5 Å². The van der Waals surface area contributed by atoms with Gasteiger partial charge in [-0.3, -0.25) is 4.79 Å². The van der Waals surface area contributed by atoms with E-state index in [1.54, 1.807) is 50.6 Å². The summed E-state index contributed by atoms with van der Waals surface area (Å²) in [6.45, 7) is 0. The van der Waals surface area contributed by atoms with E-state index in [1.165, 1.54) is 24.5 Å². The molecule has 0 radical (unpaired) electrons. The van der Waals surface area contributed by atoms with E-state index in [0.29, 0.717) is 28.5 Å². The van der Waals surface area contributed by atoms with Crippen molar-refractivity contribution in [2.75, 3.05) is 24.9 Å². The largest absolute Gasteiger partial charge is 0.493 e. The number of aromatic nitrogens is 2. The summed E-state index contributed by atoms with van der Waals surface area (Å²) in [5.74, 6) is 1.17. The fourth-order valence-electron chi connectivity index (χ4n) is 3.19. The minimum atomic E-state index is -0.320. The van der Waals surface area contributed by atoms with Crippen molar-refractivity contribution in [3.63, 3.8) is 0 Å². The maximum atomic E-state index is 13.0. The number of carbonyl (C=O) groups is 1. The second kappa shape index (κ2) is 9.78. The molecule has 4 aromatic rings. The van der Waals surface area contributed by atoms with Crippen molar-refractivity contribution in [2.24, 2.45) is 0 Å². The first-order valence-electron chi connectivity index (χ1n) is 10.0. The van der Waals surface area contributed by atoms with Gasteiger partial charge >= 0.3 is 0 Å². The van der Waals surface area contributed by atoms with E-state index < -0.39 is 0 Å². The smallest absolute Gasteiger partial charge is 0.248 e. The van der Waals surface area contributed by atoms with Gasteiger partial charge in [0, 0.05) is 28.9 Å². The number of anilines is 3. The first-order chi connectivity index (χ1) is 16.1. The summed E-state index contributed by atoms with van der Waals surface area (Å²) >= 11 is 0. The Morgan fingerprint density at radius 3 is 2.27 bits per heavy atom. The van der Waals surface area contributed by atoms with Crippen LogP contribution in [0.25, 0.3) is 17.0 Å². The Kier molecular flexibility index (Phi) is 6.45. The van der Waals surface area contributed by atoms with Crippen LogP contribution >= 0.6 is 0 Å². The van der Waals surface area contributed by atoms with Gasteiger partial charge in [0.1, 0.15) is 18.0 Å². The van der Waals surface area contributed by atoms with Crippen molar-refractivity contribution in [1.29, 1.82) is 0 Å². The number of nitrogens with zero attached hydrogens (tertiary/aromatic N) is 2. The van der Waals surface area contributed by atoms with Gasteiger partial charge in [-0.25, -0.2) is 14.4 Å². The lowest BCUT2D eigenvalue weighted by atomic mass is 10.2. The average molecular weight is 444 g/mol. The number of benzene rings is 3. The van der Waals surface area contributed by atoms with Crippen LogP contribution in [0.3, 0.4) is 0 Å². The zero-order valence-corrected chi connectivity index (χ0v) is 18.0. The molecule has 1 heterocycles. The highest BCUT2D eigenvalue weighted by atomic mass is 19.1. The lowest BCUT2D eigenvalue weighted by molar-refractivity contribution is -0.111. The van der Waals surface area contributed by atoms with E-state index in [-0.39, 0.29) is 11.7 Å². The maximum Gasteiger partial charge on any atom is 0.248 e. The summed E-state index contributed by atoms with van der Waals surface area (Å²) in [7, 11) is 3.14. The molecule has 0 unspecified atom stereocenters. The number of fused-ring (bicyclic) bond motifs is 1. The molecule has 0 bridgehead atoms. The molecule has 0 aliphatic carbocycles. The first-order valence-corrected chi connectivity index (χ1v) is 10.0. The Balaban J connectivity index is 1.46. The molecule has 7 nitrogen and oxygen atoms in total. The van der Waals surface area contributed by atoms with Crippen molar-refractivity contribution in [1.82, 2.24) is 9.97 Å². The summed E-state index contributed by atoms with van der Waals surface area (Å²) in [5, 5.41) is 6.83. The highest BCUT2D eigenvalue weighted by Gasteiger charge is 2.11. The number of nitrogens with one attached hydrogen (secondary N) is 2. The van der Waals surface area contributed by atoms with Gasteiger partial charge in [-0.2, -0.15) is 0 Å². The monoisotopic (exact) mass is 444 g/mol. The third-order valence-electron chi connectivity index (χ3n) is 4.85. The van der Waals surface area contributed by atoms with Crippen molar-refractivity contribution >= 4 is 40.1 Å². The number of hydrogen-bond acceptors (Lipinski definition) is 6. The summed E-state index contributed by atoms with van der Waals surface area (Å²) in [5.41, 5.74) is 2.86. The lowest BCUT2D eigenvalue weighted by Gasteiger charge is -2.12. The fraction of sp³-hybridized carbons (Fsp3) is 0.0800. The van der Waals surface area contributed by atoms with Gasteiger partial charge in [-0.05, 0) is 54.1 Å². The first kappa shape index (κ1) is 21.8. The van der Waals surface area contributed by atoms with Crippen LogP contribution in [0, 0.1) is 5.82 Å². The topological polar surface area (TPSA) is 85.4 Å². The summed E-state index contributed by atoms with van der Waals surface area (Å²) in [4.78, 5) is 20.8. The molecule has 0 aliphatic rings. The third kappa shape index (κ3) is 5.24. The van der Waals surface area contributed by atoms with Gasteiger partial charge in [0.2, 0.25) is 5.91 Å². The molecular weight excluding hydrogens is 423 g/mol. The van der Waals surface area contributed by atoms with Crippen molar-refractivity contribution in [3.8, 4) is 11.5 Å². The lowest BCUT2D eigenvalue weighted by Crippen LogP contribution is -2.07. The molecule has 0 aliphatic heterocycles. The summed E-state index contributed by atoms with van der Waals surface area (Å²) < 4.78 is 23.7. The van der Waals surface area contributed by atoms with Gasteiger partial charge in [0.05, 0.1) is 19.7 Å². The molecule has 0 fully saturated rings. The van der Waals surface area contributed by atoms with Crippen LogP contribution in [0.15, 0.2) is 73.1 Å². The molecule has 2 N–H and O–H groups in total. The molecule has 4 rings (SSSR count). The number of hydrogen-bond donors (Lipinski definition) is 2. The van der Waals surface area contributed by atoms with E-state index in [9.17, 15) is 9.18 Å². The van der Waals surface area contributed by atoms with E-state index in [0.717, 1.165) is 16.6 Å². The SMILES string of the molecule is COc1cc2ncnc(Nc3ccc(NC(=O)/C=C/c4ccc(F)cc4)cc3)c2cc1OC. The Morgan fingerprint density at radius 2 is 1.58 bits per heavy atom. The number of carbonyl (C=O) groups excluding carboxylic acids is 1. The van der Waals surface area contributed by atoms with Crippen molar-refractivity contribution in [2.45, 2.75) is 0 Å². The molecule has 0 spiro atoms. The molecule has 0 saturated heterocycles. The number of ether oxygens (including phenoxy) is 2. The summed E-state index contributed by atoms with van der Waals surface area (Å²) in [6, 6.07) is 16.7. The van der Waals surface area contributed by atoms with E-state index in [4.69, 9.17) is 9.47 Å². The normalized spacial score (nSPS) is 10.9. The molecule has 1 aromatic heterocycles. The van der Waals surface area contributed by atoms with Crippen LogP contribution in [-0.4, -0.2) is 30.1 Å². The molecule has 166 valence electrons. The van der Waals surface area contributed by atoms with Crippen molar-refractivity contribution in [3.05, 3.63) is 84.4 Å². The predicted octanol–water partition coefficient (Wildman–Crippen LogP) is 5.18. The molecular formula is C25H21FN4O3. The van der Waals surface area contributed by atoms with Gasteiger partial charge in [0.15, 0.2) is 11.5 Å². The zero-order valence-electron chi connectivity index (χ0n) is 18.0. The molecule has 0 atom stereocenters. The van der Waals surface area contributed by atoms with Gasteiger partial charge in [-0.15, -0.1) is 0 Å². The molecule has 1 amide bonds. The number of halogens is 1. The number of amides is 1. The minimum Gasteiger partial charge on any atom is -0.493 e. The average Bonchev–Trinajstić information content (AvgIpc) is 2.84. The Labute approximate surface area is 189 Å². The van der Waals surface area contributed by atoms with E-state index in [1.807, 2.05) is 18.2 Å². The zero-order chi connectivity index (χ0) is 23.2. The standard InChI is InChI=1S/C25H21FN4O3/c1-32-22-13-20-21(14-23(22)33-2)27-15-28-25(20)30-19-10-8-18(9-11-19)29-24(31)12-5-16-3-6-17(26)7-4-16/h3-15H,1-2H3,(H,29,31)(H,27,28,30)/b12-5+. The van der Waals surface area contributed by atoms with Crippen LogP contribution in [0.4, 0.5) is 21.6 Å². The van der Waals surface area contributed by atoms with Gasteiger partial charge in [0.25, 0.3) is 0 Å². The molecule has 8 heteroatoms. The fourth-order valence-corrected chi connectivity index (χ4v) is 3.19. The second-order valence-corrected chi connectivity index (χ2v) is 7.02. The number of methoxy groups -OCH3 is 2. The highest BCUT2D eigenvalue weighted by molar-refractivity contribution is 6.02. The molecule has 3 aromatic carbocycles. The Morgan fingerprint density at radius 1 is 0.909 bits per heavy atom. The second-order valence-electron chi connectivity index (χ2n) is 7.02. The maximum absolute atomic E-state index is 13.0. The minimum absolute atomic E-state index is 0.289. The van der Waals surface area contributed by atoms with Gasteiger partial charge in [-0.1, -0.05) is 12.1 Å². The Bertz CT molecular complexity index is 1310. The van der Waals surface area contributed by atoms with Crippen LogP contribution in [0.2, 0.25) is 0 Å². The van der Waals surface area contributed by atoms with E-state index >= 15 is 0 Å². The predicted molar refractivity (Wildman–Crippen MR) is 126 cm³/mol. The molecule has 0 saturated carbocycles. The Hall–Kier alpha value is -4.46. The highest BCUT2D eigenvalue weighted by Crippen LogP contribution is 2.34. The van der Waals surface area contributed by atoms with E-state index in [2.05, 4.69) is 20.6 Å². The number of rotatable bonds is 7. The van der Waals surface area contributed by atoms with Crippen molar-refractivity contribution < 1.29 is 18.7 Å². The van der Waals surface area contributed by atoms with Crippen LogP contribution in [-0.2, 0) is 4.79 Å². The third-order valence-corrected chi connectivity index (χ3v) is 4.85.